The number of urea groups is 1. The average Bonchev–Trinajstić information content (AvgIpc) is 2.72. The van der Waals surface area contributed by atoms with Crippen molar-refractivity contribution in [2.45, 2.75) is 25.8 Å². The van der Waals surface area contributed by atoms with E-state index in [9.17, 15) is 14.4 Å². The molecule has 0 spiro atoms. The molecule has 0 fully saturated rings. The third kappa shape index (κ3) is 7.23. The van der Waals surface area contributed by atoms with E-state index in [0.29, 0.717) is 18.4 Å². The second-order valence-corrected chi connectivity index (χ2v) is 6.87. The third-order valence-electron chi connectivity index (χ3n) is 4.46. The first-order chi connectivity index (χ1) is 13.9. The number of nitrogens with one attached hydrogen (secondary N) is 2. The molecule has 7 nitrogen and oxygen atoms in total. The number of ketones is 1. The van der Waals surface area contributed by atoms with E-state index < -0.39 is 11.9 Å². The lowest BCUT2D eigenvalue weighted by molar-refractivity contribution is -0.124. The maximum atomic E-state index is 12.4. The molecule has 0 heterocycles. The molecule has 0 aliphatic heterocycles. The summed E-state index contributed by atoms with van der Waals surface area (Å²) in [5, 5.41) is 11.2. The predicted molar refractivity (Wildman–Crippen MR) is 110 cm³/mol. The molecule has 7 heteroatoms. The van der Waals surface area contributed by atoms with Gasteiger partial charge in [0.25, 0.3) is 5.91 Å². The molecule has 2 aromatic rings. The Bertz CT molecular complexity index is 863. The van der Waals surface area contributed by atoms with Gasteiger partial charge in [-0.1, -0.05) is 61.5 Å². The first-order valence-electron chi connectivity index (χ1n) is 9.25. The van der Waals surface area contributed by atoms with Crippen molar-refractivity contribution in [3.63, 3.8) is 0 Å². The van der Waals surface area contributed by atoms with Crippen molar-refractivity contribution in [3.05, 3.63) is 77.4 Å². The maximum Gasteiger partial charge on any atom is 0.312 e. The van der Waals surface area contributed by atoms with Gasteiger partial charge >= 0.3 is 6.03 Å². The SMILES string of the molecule is CC(CC(=O)c1ccccc1)CC(NC(N)=O)c1ccc(C=CC(=O)NO)cc1. The van der Waals surface area contributed by atoms with Crippen LogP contribution in [0.4, 0.5) is 4.79 Å². The second-order valence-electron chi connectivity index (χ2n) is 6.87. The number of benzene rings is 2. The Morgan fingerprint density at radius 3 is 2.31 bits per heavy atom. The molecule has 5 N–H and O–H groups in total. The van der Waals surface area contributed by atoms with Crippen LogP contribution in [0.25, 0.3) is 6.08 Å². The number of rotatable bonds is 9. The van der Waals surface area contributed by atoms with Crippen LogP contribution in [0.5, 0.6) is 0 Å². The minimum Gasteiger partial charge on any atom is -0.352 e. The molecule has 0 aliphatic carbocycles. The molecule has 0 saturated carbocycles. The van der Waals surface area contributed by atoms with E-state index in [1.54, 1.807) is 30.3 Å². The molecular formula is C22H25N3O4. The third-order valence-corrected chi connectivity index (χ3v) is 4.46. The van der Waals surface area contributed by atoms with Crippen LogP contribution in [0.15, 0.2) is 60.7 Å². The van der Waals surface area contributed by atoms with Gasteiger partial charge in [0.15, 0.2) is 5.78 Å². The summed E-state index contributed by atoms with van der Waals surface area (Å²) >= 11 is 0. The maximum absolute atomic E-state index is 12.4. The van der Waals surface area contributed by atoms with Gasteiger partial charge in [0.05, 0.1) is 6.04 Å². The van der Waals surface area contributed by atoms with Gasteiger partial charge in [-0.05, 0) is 29.5 Å². The Morgan fingerprint density at radius 1 is 1.07 bits per heavy atom. The van der Waals surface area contributed by atoms with E-state index >= 15 is 0 Å². The molecule has 0 aromatic heterocycles. The van der Waals surface area contributed by atoms with Crippen LogP contribution in [0.2, 0.25) is 0 Å². The van der Waals surface area contributed by atoms with Crippen molar-refractivity contribution in [3.8, 4) is 0 Å². The highest BCUT2D eigenvalue weighted by atomic mass is 16.5. The van der Waals surface area contributed by atoms with E-state index in [1.807, 2.05) is 37.3 Å². The summed E-state index contributed by atoms with van der Waals surface area (Å²) in [6.07, 6.45) is 3.65. The van der Waals surface area contributed by atoms with Crippen LogP contribution in [-0.2, 0) is 4.79 Å². The zero-order valence-electron chi connectivity index (χ0n) is 16.2. The number of carbonyl (C=O) groups is 3. The fourth-order valence-electron chi connectivity index (χ4n) is 3.04. The number of primary amides is 1. The monoisotopic (exact) mass is 395 g/mol. The highest BCUT2D eigenvalue weighted by Gasteiger charge is 2.19. The van der Waals surface area contributed by atoms with Gasteiger partial charge in [0.1, 0.15) is 0 Å². The summed E-state index contributed by atoms with van der Waals surface area (Å²) < 4.78 is 0. The van der Waals surface area contributed by atoms with Crippen LogP contribution in [-0.4, -0.2) is 22.9 Å². The Balaban J connectivity index is 2.06. The van der Waals surface area contributed by atoms with Crippen LogP contribution in [0, 0.1) is 5.92 Å². The molecule has 2 atom stereocenters. The van der Waals surface area contributed by atoms with Crippen LogP contribution in [0.1, 0.15) is 47.3 Å². The fraction of sp³-hybridized carbons (Fsp3) is 0.227. The lowest BCUT2D eigenvalue weighted by Gasteiger charge is -2.22. The number of carbonyl (C=O) groups excluding carboxylic acids is 3. The van der Waals surface area contributed by atoms with Crippen LogP contribution < -0.4 is 16.5 Å². The number of amides is 3. The summed E-state index contributed by atoms with van der Waals surface area (Å²) in [5.41, 5.74) is 9.11. The van der Waals surface area contributed by atoms with Crippen LogP contribution >= 0.6 is 0 Å². The molecule has 0 bridgehead atoms. The van der Waals surface area contributed by atoms with Crippen molar-refractivity contribution in [1.29, 1.82) is 0 Å². The summed E-state index contributed by atoms with van der Waals surface area (Å²) in [6.45, 7) is 1.96. The normalized spacial score (nSPS) is 12.9. The van der Waals surface area contributed by atoms with E-state index in [1.165, 1.54) is 11.6 Å². The molecule has 29 heavy (non-hydrogen) atoms. The minimum atomic E-state index is -0.639. The van der Waals surface area contributed by atoms with Crippen molar-refractivity contribution in [2.75, 3.05) is 0 Å². The predicted octanol–water partition coefficient (Wildman–Crippen LogP) is 3.21. The van der Waals surface area contributed by atoms with Crippen molar-refractivity contribution >= 4 is 23.8 Å². The molecule has 2 unspecified atom stereocenters. The summed E-state index contributed by atoms with van der Waals surface area (Å²) in [7, 11) is 0. The Kier molecular flexibility index (Phi) is 8.12. The molecule has 0 aliphatic rings. The zero-order chi connectivity index (χ0) is 21.2. The lowest BCUT2D eigenvalue weighted by atomic mass is 9.90. The standard InChI is InChI=1S/C22H25N3O4/c1-15(14-20(26)18-5-3-2-4-6-18)13-19(24-22(23)28)17-10-7-16(8-11-17)9-12-21(27)25-29/h2-12,15,19,29H,13-14H2,1H3,(H,25,27)(H3,23,24,28). The largest absolute Gasteiger partial charge is 0.352 e. The van der Waals surface area contributed by atoms with Crippen molar-refractivity contribution < 1.29 is 19.6 Å². The first-order valence-corrected chi connectivity index (χ1v) is 9.25. The topological polar surface area (TPSA) is 122 Å². The van der Waals surface area contributed by atoms with E-state index in [-0.39, 0.29) is 17.7 Å². The highest BCUT2D eigenvalue weighted by Crippen LogP contribution is 2.25. The quantitative estimate of drug-likeness (QED) is 0.225. The molecule has 0 radical (unpaired) electrons. The van der Waals surface area contributed by atoms with Gasteiger partial charge in [0, 0.05) is 18.1 Å². The Morgan fingerprint density at radius 2 is 1.72 bits per heavy atom. The van der Waals surface area contributed by atoms with Gasteiger partial charge in [-0.25, -0.2) is 10.3 Å². The van der Waals surface area contributed by atoms with Gasteiger partial charge in [-0.15, -0.1) is 0 Å². The Hall–Kier alpha value is -3.45. The van der Waals surface area contributed by atoms with Crippen molar-refractivity contribution in [1.82, 2.24) is 10.8 Å². The second kappa shape index (κ2) is 10.8. The summed E-state index contributed by atoms with van der Waals surface area (Å²) in [5.74, 6) is -0.551. The van der Waals surface area contributed by atoms with E-state index in [4.69, 9.17) is 10.9 Å². The van der Waals surface area contributed by atoms with Gasteiger partial charge < -0.3 is 11.1 Å². The number of nitrogens with two attached hydrogens (primary N) is 1. The van der Waals surface area contributed by atoms with Crippen molar-refractivity contribution in [2.24, 2.45) is 11.7 Å². The molecule has 2 rings (SSSR count). The Labute approximate surface area is 169 Å². The molecule has 2 aromatic carbocycles. The van der Waals surface area contributed by atoms with Crippen LogP contribution in [0.3, 0.4) is 0 Å². The van der Waals surface area contributed by atoms with Gasteiger partial charge in [0.2, 0.25) is 0 Å². The smallest absolute Gasteiger partial charge is 0.312 e. The molecular weight excluding hydrogens is 370 g/mol. The number of Topliss-reactive ketones (excluding diaryl/α,β-unsaturated/α-hetero) is 1. The fourth-order valence-corrected chi connectivity index (χ4v) is 3.04. The average molecular weight is 395 g/mol. The summed E-state index contributed by atoms with van der Waals surface area (Å²) in [4.78, 5) is 34.9. The zero-order valence-corrected chi connectivity index (χ0v) is 16.2. The molecule has 152 valence electrons. The highest BCUT2D eigenvalue weighted by molar-refractivity contribution is 5.96. The number of hydrogen-bond donors (Lipinski definition) is 4. The van der Waals surface area contributed by atoms with E-state index in [2.05, 4.69) is 5.32 Å². The number of hydroxylamine groups is 1. The van der Waals surface area contributed by atoms with Gasteiger partial charge in [-0.2, -0.15) is 0 Å². The van der Waals surface area contributed by atoms with Gasteiger partial charge in [-0.3, -0.25) is 14.8 Å². The minimum absolute atomic E-state index is 0.0207. The van der Waals surface area contributed by atoms with E-state index in [0.717, 1.165) is 11.1 Å². The molecule has 3 amide bonds. The molecule has 0 saturated heterocycles. The first kappa shape index (κ1) is 21.8. The number of hydrogen-bond acceptors (Lipinski definition) is 4. The lowest BCUT2D eigenvalue weighted by Crippen LogP contribution is -2.34. The summed E-state index contributed by atoms with van der Waals surface area (Å²) in [6, 6.07) is 15.3.